The summed E-state index contributed by atoms with van der Waals surface area (Å²) in [5, 5.41) is 0. The van der Waals surface area contributed by atoms with Gasteiger partial charge in [0.15, 0.2) is 5.78 Å². The van der Waals surface area contributed by atoms with Gasteiger partial charge in [0.2, 0.25) is 15.9 Å². The fourth-order valence-corrected chi connectivity index (χ4v) is 5.03. The molecular formula is C23H28N2O5S. The molecule has 3 rings (SSSR count). The molecule has 1 aliphatic rings. The second kappa shape index (κ2) is 9.72. The van der Waals surface area contributed by atoms with E-state index in [4.69, 9.17) is 4.74 Å². The van der Waals surface area contributed by atoms with Crippen LogP contribution in [0.4, 0.5) is 0 Å². The molecule has 31 heavy (non-hydrogen) atoms. The Morgan fingerprint density at radius 1 is 1.00 bits per heavy atom. The highest BCUT2D eigenvalue weighted by Crippen LogP contribution is 2.20. The maximum absolute atomic E-state index is 13.4. The zero-order chi connectivity index (χ0) is 22.6. The van der Waals surface area contributed by atoms with Crippen molar-refractivity contribution in [1.82, 2.24) is 9.21 Å². The summed E-state index contributed by atoms with van der Waals surface area (Å²) in [6, 6.07) is 15.0. The summed E-state index contributed by atoms with van der Waals surface area (Å²) < 4.78 is 33.7. The number of carbonyl (C=O) groups excluding carboxylic acids is 2. The number of Topliss-reactive ketones (excluding diaryl/α,β-unsaturated/α-hetero) is 1. The van der Waals surface area contributed by atoms with E-state index in [2.05, 4.69) is 0 Å². The standard InChI is InChI=1S/C23H28N2O5S/c1-17-13-24(14-18(2)30-17)23(27)16-25(15-20-7-5-4-6-8-20)31(28,29)22-11-9-21(10-12-22)19(3)26/h4-12,17-18H,13-16H2,1-3H3/t17-,18-/m0/s1. The van der Waals surface area contributed by atoms with E-state index in [1.54, 1.807) is 4.90 Å². The van der Waals surface area contributed by atoms with Gasteiger partial charge >= 0.3 is 0 Å². The molecule has 2 aromatic rings. The first-order chi connectivity index (χ1) is 14.7. The second-order valence-electron chi connectivity index (χ2n) is 7.90. The largest absolute Gasteiger partial charge is 0.372 e. The summed E-state index contributed by atoms with van der Waals surface area (Å²) in [6.45, 7) is 5.86. The van der Waals surface area contributed by atoms with Crippen LogP contribution in [0.15, 0.2) is 59.5 Å². The van der Waals surface area contributed by atoms with E-state index in [1.807, 2.05) is 44.2 Å². The zero-order valence-corrected chi connectivity index (χ0v) is 18.8. The van der Waals surface area contributed by atoms with Gasteiger partial charge in [0.05, 0.1) is 23.6 Å². The molecule has 0 aromatic heterocycles. The molecule has 0 unspecified atom stereocenters. The van der Waals surface area contributed by atoms with Crippen LogP contribution < -0.4 is 0 Å². The first-order valence-corrected chi connectivity index (χ1v) is 11.7. The molecule has 0 spiro atoms. The maximum atomic E-state index is 13.4. The minimum Gasteiger partial charge on any atom is -0.372 e. The molecule has 0 N–H and O–H groups in total. The fraction of sp³-hybridized carbons (Fsp3) is 0.391. The van der Waals surface area contributed by atoms with Crippen molar-refractivity contribution in [1.29, 1.82) is 0 Å². The van der Waals surface area contributed by atoms with Crippen LogP contribution in [0.1, 0.15) is 36.7 Å². The number of rotatable bonds is 7. The van der Waals surface area contributed by atoms with Gasteiger partial charge in [-0.25, -0.2) is 8.42 Å². The van der Waals surface area contributed by atoms with Crippen molar-refractivity contribution < 1.29 is 22.7 Å². The SMILES string of the molecule is CC(=O)c1ccc(S(=O)(=O)N(CC(=O)N2C[C@H](C)O[C@@H](C)C2)Cc2ccccc2)cc1. The minimum absolute atomic E-state index is 0.0462. The van der Waals surface area contributed by atoms with Crippen LogP contribution in [0, 0.1) is 0 Å². The van der Waals surface area contributed by atoms with E-state index in [0.717, 1.165) is 5.56 Å². The molecule has 7 nitrogen and oxygen atoms in total. The summed E-state index contributed by atoms with van der Waals surface area (Å²) in [7, 11) is -3.96. The molecule has 2 aromatic carbocycles. The highest BCUT2D eigenvalue weighted by atomic mass is 32.2. The van der Waals surface area contributed by atoms with Gasteiger partial charge < -0.3 is 9.64 Å². The predicted molar refractivity (Wildman–Crippen MR) is 117 cm³/mol. The molecule has 166 valence electrons. The number of hydrogen-bond acceptors (Lipinski definition) is 5. The van der Waals surface area contributed by atoms with Crippen LogP contribution in [0.2, 0.25) is 0 Å². The summed E-state index contributed by atoms with van der Waals surface area (Å²) in [5.74, 6) is -0.405. The van der Waals surface area contributed by atoms with Crippen LogP contribution in [-0.2, 0) is 26.1 Å². The Balaban J connectivity index is 1.88. The molecule has 2 atom stereocenters. The zero-order valence-electron chi connectivity index (χ0n) is 18.0. The summed E-state index contributed by atoms with van der Waals surface area (Å²) >= 11 is 0. The molecule has 1 amide bonds. The number of amides is 1. The van der Waals surface area contributed by atoms with E-state index < -0.39 is 10.0 Å². The Kier molecular flexibility index (Phi) is 7.25. The van der Waals surface area contributed by atoms with Crippen molar-refractivity contribution in [3.05, 3.63) is 65.7 Å². The lowest BCUT2D eigenvalue weighted by Gasteiger charge is -2.36. The molecule has 0 aliphatic carbocycles. The van der Waals surface area contributed by atoms with Crippen LogP contribution in [0.25, 0.3) is 0 Å². The average molecular weight is 445 g/mol. The topological polar surface area (TPSA) is 84.0 Å². The average Bonchev–Trinajstić information content (AvgIpc) is 2.73. The number of ketones is 1. The first kappa shape index (κ1) is 23.1. The predicted octanol–water partition coefficient (Wildman–Crippen LogP) is 2.72. The van der Waals surface area contributed by atoms with Gasteiger partial charge in [0.1, 0.15) is 0 Å². The third kappa shape index (κ3) is 5.78. The van der Waals surface area contributed by atoms with Gasteiger partial charge in [0, 0.05) is 25.2 Å². The number of sulfonamides is 1. The Bertz CT molecular complexity index is 1010. The Morgan fingerprint density at radius 3 is 2.13 bits per heavy atom. The normalized spacial score (nSPS) is 19.4. The van der Waals surface area contributed by atoms with Gasteiger partial charge in [-0.3, -0.25) is 9.59 Å². The lowest BCUT2D eigenvalue weighted by molar-refractivity contribution is -0.143. The summed E-state index contributed by atoms with van der Waals surface area (Å²) in [4.78, 5) is 26.3. The fourth-order valence-electron chi connectivity index (χ4n) is 3.66. The number of nitrogens with zero attached hydrogens (tertiary/aromatic N) is 2. The van der Waals surface area contributed by atoms with Crippen LogP contribution in [0.3, 0.4) is 0 Å². The van der Waals surface area contributed by atoms with Crippen LogP contribution >= 0.6 is 0 Å². The molecule has 1 fully saturated rings. The molecule has 1 heterocycles. The van der Waals surface area contributed by atoms with Crippen molar-refractivity contribution in [2.75, 3.05) is 19.6 Å². The molecule has 1 aliphatic heterocycles. The number of carbonyl (C=O) groups is 2. The van der Waals surface area contributed by atoms with E-state index in [0.29, 0.717) is 18.7 Å². The molecule has 8 heteroatoms. The third-order valence-electron chi connectivity index (χ3n) is 5.18. The summed E-state index contributed by atoms with van der Waals surface area (Å²) in [6.07, 6.45) is -0.211. The number of benzene rings is 2. The Labute approximate surface area is 183 Å². The molecule has 0 saturated carbocycles. The van der Waals surface area contributed by atoms with E-state index in [9.17, 15) is 18.0 Å². The van der Waals surface area contributed by atoms with Crippen LogP contribution in [0.5, 0.6) is 0 Å². The van der Waals surface area contributed by atoms with Gasteiger partial charge in [-0.05, 0) is 38.5 Å². The Hall–Kier alpha value is -2.55. The number of morpholine rings is 1. The van der Waals surface area contributed by atoms with Gasteiger partial charge in [0.25, 0.3) is 0 Å². The van der Waals surface area contributed by atoms with Crippen molar-refractivity contribution in [2.24, 2.45) is 0 Å². The van der Waals surface area contributed by atoms with Crippen LogP contribution in [-0.4, -0.2) is 61.2 Å². The highest BCUT2D eigenvalue weighted by Gasteiger charge is 2.31. The van der Waals surface area contributed by atoms with Crippen molar-refractivity contribution in [2.45, 2.75) is 44.4 Å². The number of ether oxygens (including phenoxy) is 1. The molecule has 0 bridgehead atoms. The van der Waals surface area contributed by atoms with E-state index >= 15 is 0 Å². The summed E-state index contributed by atoms with van der Waals surface area (Å²) in [5.41, 5.74) is 1.21. The first-order valence-electron chi connectivity index (χ1n) is 10.2. The molecular weight excluding hydrogens is 416 g/mol. The molecule has 1 saturated heterocycles. The van der Waals surface area contributed by atoms with E-state index in [1.165, 1.54) is 35.5 Å². The van der Waals surface area contributed by atoms with Crippen molar-refractivity contribution in [3.63, 3.8) is 0 Å². The molecule has 0 radical (unpaired) electrons. The third-order valence-corrected chi connectivity index (χ3v) is 6.99. The van der Waals surface area contributed by atoms with E-state index in [-0.39, 0.29) is 41.9 Å². The smallest absolute Gasteiger partial charge is 0.243 e. The van der Waals surface area contributed by atoms with Crippen molar-refractivity contribution >= 4 is 21.7 Å². The lowest BCUT2D eigenvalue weighted by Crippen LogP contribution is -2.51. The Morgan fingerprint density at radius 2 is 1.58 bits per heavy atom. The quantitative estimate of drug-likeness (QED) is 0.613. The lowest BCUT2D eigenvalue weighted by atomic mass is 10.2. The van der Waals surface area contributed by atoms with Gasteiger partial charge in [-0.2, -0.15) is 4.31 Å². The van der Waals surface area contributed by atoms with Gasteiger partial charge in [-0.1, -0.05) is 42.5 Å². The van der Waals surface area contributed by atoms with Crippen molar-refractivity contribution in [3.8, 4) is 0 Å². The van der Waals surface area contributed by atoms with Gasteiger partial charge in [-0.15, -0.1) is 0 Å². The minimum atomic E-state index is -3.96. The second-order valence-corrected chi connectivity index (χ2v) is 9.83. The highest BCUT2D eigenvalue weighted by molar-refractivity contribution is 7.89. The monoisotopic (exact) mass is 444 g/mol. The maximum Gasteiger partial charge on any atom is 0.243 e. The number of hydrogen-bond donors (Lipinski definition) is 0.